The second-order valence-corrected chi connectivity index (χ2v) is 5.32. The van der Waals surface area contributed by atoms with Crippen molar-refractivity contribution >= 4 is 17.3 Å². The lowest BCUT2D eigenvalue weighted by molar-refractivity contribution is -0.384. The van der Waals surface area contributed by atoms with Crippen molar-refractivity contribution in [2.75, 3.05) is 19.0 Å². The molecule has 0 bridgehead atoms. The van der Waals surface area contributed by atoms with Crippen molar-refractivity contribution in [3.8, 4) is 0 Å². The molecule has 130 valence electrons. The third kappa shape index (κ3) is 8.80. The number of hydrogen-bond donors (Lipinski definition) is 1. The number of anilines is 1. The van der Waals surface area contributed by atoms with Gasteiger partial charge in [-0.1, -0.05) is 47.0 Å². The van der Waals surface area contributed by atoms with Gasteiger partial charge in [0.25, 0.3) is 5.69 Å². The number of esters is 1. The van der Waals surface area contributed by atoms with Crippen LogP contribution in [0.4, 0.5) is 11.4 Å². The van der Waals surface area contributed by atoms with Gasteiger partial charge in [-0.2, -0.15) is 0 Å². The zero-order valence-electron chi connectivity index (χ0n) is 14.7. The molecule has 0 amide bonds. The molecule has 0 spiro atoms. The summed E-state index contributed by atoms with van der Waals surface area (Å²) in [4.78, 5) is 21.7. The van der Waals surface area contributed by atoms with E-state index in [-0.39, 0.29) is 11.3 Å². The van der Waals surface area contributed by atoms with E-state index < -0.39 is 10.9 Å². The van der Waals surface area contributed by atoms with Crippen molar-refractivity contribution in [2.24, 2.45) is 5.92 Å². The molecule has 6 heteroatoms. The number of benzene rings is 1. The van der Waals surface area contributed by atoms with Crippen molar-refractivity contribution in [1.29, 1.82) is 0 Å². The molecule has 0 atom stereocenters. The molecular weight excluding hydrogens is 296 g/mol. The molecular formula is C17H28N2O4. The standard InChI is InChI=1S/C12H16N2O4.C3H6.C2H6/c1-8(2)7-13-10-6-9(12(15)18-3)4-5-11(10)14(16)17;1-2-3-1;1-2/h4-6,8,13H,7H2,1-3H3;1-3H2;1-2H3. The van der Waals surface area contributed by atoms with Gasteiger partial charge in [-0.15, -0.1) is 0 Å². The average Bonchev–Trinajstić information content (AvgIpc) is 3.42. The van der Waals surface area contributed by atoms with Gasteiger partial charge in [0.05, 0.1) is 17.6 Å². The summed E-state index contributed by atoms with van der Waals surface area (Å²) in [6.07, 6.45) is 4.50. The van der Waals surface area contributed by atoms with Crippen LogP contribution in [0.3, 0.4) is 0 Å². The Morgan fingerprint density at radius 2 is 1.87 bits per heavy atom. The number of nitrogens with zero attached hydrogens (tertiary/aromatic N) is 1. The SMILES string of the molecule is C1CC1.CC.COC(=O)c1ccc([N+](=O)[O-])c(NCC(C)C)c1. The molecule has 23 heavy (non-hydrogen) atoms. The van der Waals surface area contributed by atoms with Crippen LogP contribution >= 0.6 is 0 Å². The second kappa shape index (κ2) is 11.5. The Labute approximate surface area is 138 Å². The van der Waals surface area contributed by atoms with Crippen LogP contribution in [0.1, 0.15) is 57.3 Å². The summed E-state index contributed by atoms with van der Waals surface area (Å²) in [6, 6.07) is 4.12. The quantitative estimate of drug-likeness (QED) is 0.484. The highest BCUT2D eigenvalue weighted by Gasteiger charge is 2.17. The highest BCUT2D eigenvalue weighted by molar-refractivity contribution is 5.91. The van der Waals surface area contributed by atoms with Crippen molar-refractivity contribution in [3.63, 3.8) is 0 Å². The number of nitro groups is 1. The largest absolute Gasteiger partial charge is 0.465 e. The normalized spacial score (nSPS) is 11.4. The first-order valence-corrected chi connectivity index (χ1v) is 8.06. The zero-order chi connectivity index (χ0) is 17.8. The first-order chi connectivity index (χ1) is 11.0. The minimum atomic E-state index is -0.516. The van der Waals surface area contributed by atoms with Crippen LogP contribution in [-0.4, -0.2) is 24.5 Å². The van der Waals surface area contributed by atoms with E-state index in [2.05, 4.69) is 10.1 Å². The summed E-state index contributed by atoms with van der Waals surface area (Å²) in [7, 11) is 1.27. The maximum absolute atomic E-state index is 11.4. The van der Waals surface area contributed by atoms with Crippen LogP contribution in [0.5, 0.6) is 0 Å². The summed E-state index contributed by atoms with van der Waals surface area (Å²) in [6.45, 7) is 8.57. The number of carbonyl (C=O) groups excluding carboxylic acids is 1. The van der Waals surface area contributed by atoms with Crippen molar-refractivity contribution in [3.05, 3.63) is 33.9 Å². The summed E-state index contributed by atoms with van der Waals surface area (Å²) in [5.41, 5.74) is 0.564. The molecule has 1 aliphatic rings. The Kier molecular flexibility index (Phi) is 10.4. The Hall–Kier alpha value is -2.11. The first-order valence-electron chi connectivity index (χ1n) is 8.06. The van der Waals surface area contributed by atoms with E-state index in [9.17, 15) is 14.9 Å². The Morgan fingerprint density at radius 3 is 2.26 bits per heavy atom. The summed E-state index contributed by atoms with van der Waals surface area (Å²) >= 11 is 0. The fraction of sp³-hybridized carbons (Fsp3) is 0.588. The second-order valence-electron chi connectivity index (χ2n) is 5.32. The van der Waals surface area contributed by atoms with E-state index in [1.807, 2.05) is 27.7 Å². The van der Waals surface area contributed by atoms with Gasteiger partial charge < -0.3 is 10.1 Å². The molecule has 0 aromatic heterocycles. The molecule has 1 fully saturated rings. The van der Waals surface area contributed by atoms with Crippen LogP contribution < -0.4 is 5.32 Å². The molecule has 1 saturated carbocycles. The van der Waals surface area contributed by atoms with Gasteiger partial charge in [0.2, 0.25) is 0 Å². The fourth-order valence-corrected chi connectivity index (χ4v) is 1.40. The fourth-order valence-electron chi connectivity index (χ4n) is 1.40. The number of nitro benzene ring substituents is 1. The molecule has 6 nitrogen and oxygen atoms in total. The summed E-state index contributed by atoms with van der Waals surface area (Å²) < 4.78 is 4.58. The highest BCUT2D eigenvalue weighted by Crippen LogP contribution is 2.26. The topological polar surface area (TPSA) is 81.5 Å². The lowest BCUT2D eigenvalue weighted by atomic mass is 10.1. The molecule has 0 unspecified atom stereocenters. The van der Waals surface area contributed by atoms with E-state index in [0.717, 1.165) is 0 Å². The van der Waals surface area contributed by atoms with Crippen LogP contribution in [0.25, 0.3) is 0 Å². The van der Waals surface area contributed by atoms with E-state index in [0.29, 0.717) is 18.2 Å². The number of nitrogens with one attached hydrogen (secondary N) is 1. The molecule has 1 aromatic rings. The zero-order valence-corrected chi connectivity index (χ0v) is 14.7. The van der Waals surface area contributed by atoms with Gasteiger partial charge in [0, 0.05) is 12.6 Å². The van der Waals surface area contributed by atoms with Gasteiger partial charge >= 0.3 is 5.97 Å². The van der Waals surface area contributed by atoms with Crippen LogP contribution in [-0.2, 0) is 4.74 Å². The van der Waals surface area contributed by atoms with Crippen LogP contribution in [0.2, 0.25) is 0 Å². The first kappa shape index (κ1) is 20.9. The Morgan fingerprint density at radius 1 is 1.30 bits per heavy atom. The lowest BCUT2D eigenvalue weighted by Gasteiger charge is -2.10. The Balaban J connectivity index is 0.000000835. The van der Waals surface area contributed by atoms with Gasteiger partial charge in [0.15, 0.2) is 0 Å². The van der Waals surface area contributed by atoms with E-state index in [1.165, 1.54) is 44.6 Å². The van der Waals surface area contributed by atoms with Crippen molar-refractivity contribution < 1.29 is 14.5 Å². The maximum Gasteiger partial charge on any atom is 0.337 e. The van der Waals surface area contributed by atoms with E-state index in [4.69, 9.17) is 0 Å². The molecule has 0 aliphatic heterocycles. The Bertz CT molecular complexity index is 497. The molecule has 2 rings (SSSR count). The molecule has 0 saturated heterocycles. The van der Waals surface area contributed by atoms with Gasteiger partial charge in [-0.25, -0.2) is 4.79 Å². The monoisotopic (exact) mass is 324 g/mol. The number of ether oxygens (including phenoxy) is 1. The average molecular weight is 324 g/mol. The third-order valence-electron chi connectivity index (χ3n) is 2.67. The molecule has 0 heterocycles. The molecule has 1 N–H and O–H groups in total. The smallest absolute Gasteiger partial charge is 0.337 e. The van der Waals surface area contributed by atoms with E-state index in [1.54, 1.807) is 0 Å². The maximum atomic E-state index is 11.4. The van der Waals surface area contributed by atoms with Crippen LogP contribution in [0.15, 0.2) is 18.2 Å². The summed E-state index contributed by atoms with van der Waals surface area (Å²) in [5, 5.41) is 13.8. The number of carbonyl (C=O) groups is 1. The highest BCUT2D eigenvalue weighted by atomic mass is 16.6. The van der Waals surface area contributed by atoms with Gasteiger partial charge in [-0.3, -0.25) is 10.1 Å². The minimum absolute atomic E-state index is 0.0525. The molecule has 0 radical (unpaired) electrons. The van der Waals surface area contributed by atoms with E-state index >= 15 is 0 Å². The van der Waals surface area contributed by atoms with Crippen molar-refractivity contribution in [2.45, 2.75) is 47.0 Å². The number of methoxy groups -OCH3 is 1. The lowest BCUT2D eigenvalue weighted by Crippen LogP contribution is -2.11. The third-order valence-corrected chi connectivity index (χ3v) is 2.67. The molecule has 1 aliphatic carbocycles. The van der Waals surface area contributed by atoms with Crippen LogP contribution in [0, 0.1) is 16.0 Å². The molecule has 1 aromatic carbocycles. The van der Waals surface area contributed by atoms with Crippen molar-refractivity contribution in [1.82, 2.24) is 0 Å². The predicted molar refractivity (Wildman–Crippen MR) is 93.0 cm³/mol. The summed E-state index contributed by atoms with van der Waals surface area (Å²) in [5.74, 6) is -0.177. The van der Waals surface area contributed by atoms with Gasteiger partial charge in [0.1, 0.15) is 5.69 Å². The van der Waals surface area contributed by atoms with Gasteiger partial charge in [-0.05, 0) is 18.1 Å². The number of hydrogen-bond acceptors (Lipinski definition) is 5. The minimum Gasteiger partial charge on any atom is -0.465 e. The predicted octanol–water partition coefficient (Wildman–Crippen LogP) is 4.65. The number of rotatable bonds is 5.